The maximum absolute atomic E-state index is 13.3. The van der Waals surface area contributed by atoms with Crippen LogP contribution >= 0.6 is 11.8 Å². The molecule has 0 radical (unpaired) electrons. The first-order valence-corrected chi connectivity index (χ1v) is 7.62. The molecule has 2 aromatic rings. The lowest BCUT2D eigenvalue weighted by molar-refractivity contribution is 0.620. The first-order valence-electron chi connectivity index (χ1n) is 6.39. The summed E-state index contributed by atoms with van der Waals surface area (Å²) < 4.78 is 13.3. The molecule has 0 saturated heterocycles. The van der Waals surface area contributed by atoms with Gasteiger partial charge in [0.2, 0.25) is 0 Å². The van der Waals surface area contributed by atoms with E-state index < -0.39 is 0 Å². The fourth-order valence-electron chi connectivity index (χ4n) is 2.10. The molecule has 1 N–H and O–H groups in total. The Kier molecular flexibility index (Phi) is 4.86. The van der Waals surface area contributed by atoms with Crippen LogP contribution in [-0.4, -0.2) is 6.26 Å². The van der Waals surface area contributed by atoms with E-state index in [-0.39, 0.29) is 11.9 Å². The van der Waals surface area contributed by atoms with Crippen molar-refractivity contribution in [2.45, 2.75) is 24.3 Å². The highest BCUT2D eigenvalue weighted by molar-refractivity contribution is 7.98. The minimum atomic E-state index is -0.184. The number of para-hydroxylation sites is 1. The molecule has 100 valence electrons. The number of thioether (sulfide) groups is 1. The summed E-state index contributed by atoms with van der Waals surface area (Å²) >= 11 is 1.71. The Bertz CT molecular complexity index is 542. The molecule has 1 atom stereocenters. The van der Waals surface area contributed by atoms with E-state index in [0.717, 1.165) is 17.7 Å². The Hall–Kier alpha value is -1.48. The van der Waals surface area contributed by atoms with Crippen molar-refractivity contribution in [3.8, 4) is 0 Å². The lowest BCUT2D eigenvalue weighted by atomic mass is 10.0. The largest absolute Gasteiger partial charge is 0.377 e. The van der Waals surface area contributed by atoms with Crippen molar-refractivity contribution in [3.63, 3.8) is 0 Å². The molecule has 19 heavy (non-hydrogen) atoms. The Morgan fingerprint density at radius 3 is 2.63 bits per heavy atom. The zero-order valence-electron chi connectivity index (χ0n) is 11.2. The van der Waals surface area contributed by atoms with E-state index in [0.29, 0.717) is 0 Å². The van der Waals surface area contributed by atoms with Gasteiger partial charge in [-0.25, -0.2) is 4.39 Å². The Balaban J connectivity index is 2.24. The van der Waals surface area contributed by atoms with Gasteiger partial charge in [-0.15, -0.1) is 11.8 Å². The van der Waals surface area contributed by atoms with Gasteiger partial charge in [-0.2, -0.15) is 0 Å². The Labute approximate surface area is 118 Å². The van der Waals surface area contributed by atoms with Gasteiger partial charge < -0.3 is 5.32 Å². The molecule has 1 unspecified atom stereocenters. The lowest BCUT2D eigenvalue weighted by Gasteiger charge is -2.20. The molecule has 0 heterocycles. The first kappa shape index (κ1) is 13.9. The normalized spacial score (nSPS) is 12.2. The Morgan fingerprint density at radius 2 is 1.95 bits per heavy atom. The molecule has 0 aromatic heterocycles. The van der Waals surface area contributed by atoms with Crippen LogP contribution in [-0.2, 0) is 0 Å². The van der Waals surface area contributed by atoms with Gasteiger partial charge in [-0.3, -0.25) is 0 Å². The second-order valence-electron chi connectivity index (χ2n) is 4.36. The van der Waals surface area contributed by atoms with Crippen molar-refractivity contribution in [2.24, 2.45) is 0 Å². The summed E-state index contributed by atoms with van der Waals surface area (Å²) in [5.41, 5.74) is 2.09. The summed E-state index contributed by atoms with van der Waals surface area (Å²) in [5, 5.41) is 3.50. The molecule has 2 rings (SSSR count). The second kappa shape index (κ2) is 6.62. The van der Waals surface area contributed by atoms with Crippen molar-refractivity contribution >= 4 is 17.4 Å². The highest BCUT2D eigenvalue weighted by atomic mass is 32.2. The van der Waals surface area contributed by atoms with Gasteiger partial charge in [-0.05, 0) is 42.5 Å². The number of rotatable bonds is 5. The third-order valence-corrected chi connectivity index (χ3v) is 3.89. The van der Waals surface area contributed by atoms with Crippen LogP contribution in [0.15, 0.2) is 53.4 Å². The molecule has 0 aliphatic rings. The van der Waals surface area contributed by atoms with Gasteiger partial charge in [0.05, 0.1) is 6.04 Å². The quantitative estimate of drug-likeness (QED) is 0.761. The summed E-state index contributed by atoms with van der Waals surface area (Å²) in [7, 11) is 0. The predicted molar refractivity (Wildman–Crippen MR) is 81.3 cm³/mol. The molecule has 0 aliphatic carbocycles. The average Bonchev–Trinajstić information content (AvgIpc) is 2.45. The number of nitrogens with one attached hydrogen (secondary N) is 1. The molecule has 1 nitrogen and oxygen atoms in total. The fraction of sp³-hybridized carbons (Fsp3) is 0.250. The highest BCUT2D eigenvalue weighted by Gasteiger charge is 2.11. The zero-order valence-corrected chi connectivity index (χ0v) is 12.0. The zero-order chi connectivity index (χ0) is 13.7. The van der Waals surface area contributed by atoms with Gasteiger partial charge >= 0.3 is 0 Å². The smallest absolute Gasteiger partial charge is 0.123 e. The molecule has 0 saturated carbocycles. The van der Waals surface area contributed by atoms with Crippen LogP contribution in [0.4, 0.5) is 10.1 Å². The van der Waals surface area contributed by atoms with E-state index in [9.17, 15) is 4.39 Å². The van der Waals surface area contributed by atoms with Gasteiger partial charge in [0.1, 0.15) is 5.82 Å². The fourth-order valence-corrected chi connectivity index (χ4v) is 2.66. The van der Waals surface area contributed by atoms with E-state index in [4.69, 9.17) is 0 Å². The number of halogens is 1. The second-order valence-corrected chi connectivity index (χ2v) is 5.21. The first-order chi connectivity index (χ1) is 9.24. The lowest BCUT2D eigenvalue weighted by Crippen LogP contribution is -2.10. The summed E-state index contributed by atoms with van der Waals surface area (Å²) in [5.74, 6) is -0.184. The van der Waals surface area contributed by atoms with Crippen molar-refractivity contribution in [2.75, 3.05) is 11.6 Å². The standard InChI is InChI=1S/C16H18FNS/c1-3-14(12-7-6-8-13(17)11-12)18-15-9-4-5-10-16(15)19-2/h4-11,14,18H,3H2,1-2H3. The molecule has 3 heteroatoms. The number of hydrogen-bond donors (Lipinski definition) is 1. The van der Waals surface area contributed by atoms with E-state index in [1.165, 1.54) is 11.0 Å². The SMILES string of the molecule is CCC(Nc1ccccc1SC)c1cccc(F)c1. The molecule has 0 bridgehead atoms. The Morgan fingerprint density at radius 1 is 1.16 bits per heavy atom. The van der Waals surface area contributed by atoms with Crippen molar-refractivity contribution in [3.05, 3.63) is 59.9 Å². The van der Waals surface area contributed by atoms with E-state index in [1.807, 2.05) is 18.2 Å². The van der Waals surface area contributed by atoms with E-state index in [2.05, 4.69) is 30.6 Å². The average molecular weight is 275 g/mol. The van der Waals surface area contributed by atoms with Crippen LogP contribution in [0, 0.1) is 5.82 Å². The van der Waals surface area contributed by atoms with Crippen LogP contribution in [0.5, 0.6) is 0 Å². The number of anilines is 1. The van der Waals surface area contributed by atoms with Crippen LogP contribution < -0.4 is 5.32 Å². The molecular formula is C16H18FNS. The summed E-state index contributed by atoms with van der Waals surface area (Å²) in [6.07, 6.45) is 2.97. The maximum atomic E-state index is 13.3. The third-order valence-electron chi connectivity index (χ3n) is 3.10. The molecule has 0 spiro atoms. The van der Waals surface area contributed by atoms with E-state index in [1.54, 1.807) is 23.9 Å². The molecule has 2 aromatic carbocycles. The molecule has 0 aliphatic heterocycles. The van der Waals surface area contributed by atoms with Crippen LogP contribution in [0.3, 0.4) is 0 Å². The third kappa shape index (κ3) is 3.51. The van der Waals surface area contributed by atoms with Gasteiger partial charge in [0.25, 0.3) is 0 Å². The highest BCUT2D eigenvalue weighted by Crippen LogP contribution is 2.29. The predicted octanol–water partition coefficient (Wildman–Crippen LogP) is 5.11. The summed E-state index contributed by atoms with van der Waals surface area (Å²) in [4.78, 5) is 1.21. The van der Waals surface area contributed by atoms with Gasteiger partial charge in [-0.1, -0.05) is 31.2 Å². The van der Waals surface area contributed by atoms with Gasteiger partial charge in [0, 0.05) is 10.6 Å². The van der Waals surface area contributed by atoms with E-state index >= 15 is 0 Å². The van der Waals surface area contributed by atoms with Crippen molar-refractivity contribution < 1.29 is 4.39 Å². The maximum Gasteiger partial charge on any atom is 0.123 e. The van der Waals surface area contributed by atoms with Crippen LogP contribution in [0.25, 0.3) is 0 Å². The molecule has 0 amide bonds. The minimum Gasteiger partial charge on any atom is -0.377 e. The molecule has 0 fully saturated rings. The summed E-state index contributed by atoms with van der Waals surface area (Å²) in [6.45, 7) is 2.10. The minimum absolute atomic E-state index is 0.129. The van der Waals surface area contributed by atoms with Crippen LogP contribution in [0.1, 0.15) is 24.9 Å². The van der Waals surface area contributed by atoms with Gasteiger partial charge in [0.15, 0.2) is 0 Å². The topological polar surface area (TPSA) is 12.0 Å². The number of hydrogen-bond acceptors (Lipinski definition) is 2. The monoisotopic (exact) mass is 275 g/mol. The van der Waals surface area contributed by atoms with Crippen LogP contribution in [0.2, 0.25) is 0 Å². The number of benzene rings is 2. The summed E-state index contributed by atoms with van der Waals surface area (Å²) in [6, 6.07) is 15.1. The molecular weight excluding hydrogens is 257 g/mol. The van der Waals surface area contributed by atoms with Crippen molar-refractivity contribution in [1.29, 1.82) is 0 Å². The van der Waals surface area contributed by atoms with Crippen molar-refractivity contribution in [1.82, 2.24) is 0 Å².